The number of carbonyl (C=O) groups is 1. The predicted molar refractivity (Wildman–Crippen MR) is 243 cm³/mol. The third-order valence-corrected chi connectivity index (χ3v) is 22.6. The zero-order valence-corrected chi connectivity index (χ0v) is 40.5. The van der Waals surface area contributed by atoms with Crippen molar-refractivity contribution in [2.24, 2.45) is 5.73 Å². The van der Waals surface area contributed by atoms with E-state index in [-0.39, 0.29) is 34.7 Å². The van der Waals surface area contributed by atoms with Crippen molar-refractivity contribution in [2.75, 3.05) is 13.2 Å². The van der Waals surface area contributed by atoms with Gasteiger partial charge in [-0.05, 0) is 56.0 Å². The fourth-order valence-electron chi connectivity index (χ4n) is 6.87. The third kappa shape index (κ3) is 10.7. The summed E-state index contributed by atoms with van der Waals surface area (Å²) in [7, 11) is -9.45. The first-order valence-electron chi connectivity index (χ1n) is 21.0. The van der Waals surface area contributed by atoms with Gasteiger partial charge in [0, 0.05) is 35.5 Å². The maximum atomic E-state index is 14.5. The number of nitrogens with zero attached hydrogens (tertiary/aromatic N) is 2. The van der Waals surface area contributed by atoms with Crippen LogP contribution in [0.3, 0.4) is 0 Å². The molecule has 2 aromatic carbocycles. The molecule has 1 spiro atoms. The molecule has 61 heavy (non-hydrogen) atoms. The van der Waals surface area contributed by atoms with Gasteiger partial charge in [-0.15, -0.1) is 0 Å². The molecule has 334 valence electrons. The summed E-state index contributed by atoms with van der Waals surface area (Å²) in [4.78, 5) is 41.1. The van der Waals surface area contributed by atoms with Crippen LogP contribution in [0.5, 0.6) is 0 Å². The maximum Gasteiger partial charge on any atom is 0.333 e. The number of carbonyl (C=O) groups excluding carboxylic acids is 1. The Kier molecular flexibility index (Phi) is 14.5. The summed E-state index contributed by atoms with van der Waals surface area (Å²) in [6.07, 6.45) is 2.09. The molecule has 0 radical (unpaired) electrons. The highest BCUT2D eigenvalue weighted by molar-refractivity contribution is 7.90. The molecule has 0 amide bonds. The highest BCUT2D eigenvalue weighted by atomic mass is 32.2. The van der Waals surface area contributed by atoms with Gasteiger partial charge >= 0.3 is 5.69 Å². The van der Waals surface area contributed by atoms with E-state index in [2.05, 4.69) is 54.6 Å². The Morgan fingerprint density at radius 1 is 0.869 bits per heavy atom. The molecule has 1 fully saturated rings. The molecule has 5 rings (SSSR count). The number of ketones is 1. The Hall–Kier alpha value is -3.91. The Morgan fingerprint density at radius 2 is 1.44 bits per heavy atom. The first-order chi connectivity index (χ1) is 28.3. The molecule has 16 heteroatoms. The van der Waals surface area contributed by atoms with Crippen LogP contribution in [-0.2, 0) is 39.2 Å². The second-order valence-corrected chi connectivity index (χ2v) is 30.1. The van der Waals surface area contributed by atoms with Crippen LogP contribution in [0, 0.1) is 6.92 Å². The summed E-state index contributed by atoms with van der Waals surface area (Å²) >= 11 is 0. The number of aromatic nitrogens is 2. The number of rotatable bonds is 17. The molecule has 3 aromatic rings. The Bertz CT molecular complexity index is 2330. The largest absolute Gasteiger partial charge is 0.493 e. The normalized spacial score (nSPS) is 22.1. The molecule has 2 N–H and O–H groups in total. The molecule has 0 saturated carbocycles. The molecular formula is C45H65N3O10SSi2. The van der Waals surface area contributed by atoms with Crippen LogP contribution >= 0.6 is 0 Å². The zero-order chi connectivity index (χ0) is 45.2. The summed E-state index contributed by atoms with van der Waals surface area (Å²) in [6, 6.07) is 18.5. The number of aryl methyl sites for hydroxylation is 1. The van der Waals surface area contributed by atoms with Crippen LogP contribution in [0.2, 0.25) is 36.3 Å². The van der Waals surface area contributed by atoms with Crippen molar-refractivity contribution < 1.29 is 35.7 Å². The summed E-state index contributed by atoms with van der Waals surface area (Å²) < 4.78 is 61.5. The molecular weight excluding hydrogens is 831 g/mol. The molecule has 13 nitrogen and oxygen atoms in total. The lowest BCUT2D eigenvalue weighted by Gasteiger charge is -2.43. The number of hydrogen-bond acceptors (Lipinski definition) is 11. The predicted octanol–water partition coefficient (Wildman–Crippen LogP) is 8.03. The monoisotopic (exact) mass is 895 g/mol. The van der Waals surface area contributed by atoms with E-state index in [9.17, 15) is 22.8 Å². The van der Waals surface area contributed by atoms with Gasteiger partial charge in [0.05, 0.1) is 24.3 Å². The van der Waals surface area contributed by atoms with E-state index in [0.717, 1.165) is 17.4 Å². The van der Waals surface area contributed by atoms with Crippen LogP contribution in [0.25, 0.3) is 5.76 Å². The lowest BCUT2D eigenvalue weighted by Crippen LogP contribution is -2.59. The van der Waals surface area contributed by atoms with Crippen molar-refractivity contribution in [2.45, 2.75) is 141 Å². The smallest absolute Gasteiger partial charge is 0.333 e. The van der Waals surface area contributed by atoms with E-state index < -0.39 is 62.0 Å². The lowest BCUT2D eigenvalue weighted by molar-refractivity contribution is -0.0567. The highest BCUT2D eigenvalue weighted by Crippen LogP contribution is 2.52. The van der Waals surface area contributed by atoms with Gasteiger partial charge in [-0.2, -0.15) is 8.42 Å². The van der Waals surface area contributed by atoms with Gasteiger partial charge in [0.15, 0.2) is 34.2 Å². The van der Waals surface area contributed by atoms with E-state index in [1.165, 1.54) is 21.4 Å². The van der Waals surface area contributed by atoms with Gasteiger partial charge in [-0.1, -0.05) is 115 Å². The van der Waals surface area contributed by atoms with Crippen LogP contribution < -0.4 is 17.0 Å². The molecule has 3 heterocycles. The Morgan fingerprint density at radius 3 is 2.00 bits per heavy atom. The summed E-state index contributed by atoms with van der Waals surface area (Å²) in [5.74, 6) is 0.334. The first-order valence-corrected chi connectivity index (χ1v) is 28.3. The fraction of sp³-hybridized carbons (Fsp3) is 0.533. The summed E-state index contributed by atoms with van der Waals surface area (Å²) in [6.45, 7) is 22.7. The number of unbranched alkanes of at least 4 members (excludes halogenated alkanes) is 3. The van der Waals surface area contributed by atoms with Crippen LogP contribution in [0.1, 0.15) is 94.9 Å². The maximum absolute atomic E-state index is 14.5. The fourth-order valence-corrected chi connectivity index (χ4v) is 10.4. The van der Waals surface area contributed by atoms with Crippen molar-refractivity contribution in [1.29, 1.82) is 0 Å². The van der Waals surface area contributed by atoms with Gasteiger partial charge in [-0.3, -0.25) is 18.7 Å². The molecule has 0 bridgehead atoms. The van der Waals surface area contributed by atoms with E-state index in [0.29, 0.717) is 42.8 Å². The number of ether oxygens (including phenoxy) is 2. The van der Waals surface area contributed by atoms with Gasteiger partial charge in [0.1, 0.15) is 18.0 Å². The van der Waals surface area contributed by atoms with Crippen molar-refractivity contribution >= 4 is 38.3 Å². The average Bonchev–Trinajstić information content (AvgIpc) is 3.61. The number of benzene rings is 2. The summed E-state index contributed by atoms with van der Waals surface area (Å²) in [5.41, 5.74) is 5.31. The summed E-state index contributed by atoms with van der Waals surface area (Å²) in [5, 5.41) is 0.373. The second kappa shape index (κ2) is 18.4. The van der Waals surface area contributed by atoms with Crippen molar-refractivity contribution in [3.8, 4) is 0 Å². The molecule has 2 aliphatic rings. The van der Waals surface area contributed by atoms with Crippen molar-refractivity contribution in [3.05, 3.63) is 122 Å². The lowest BCUT2D eigenvalue weighted by atomic mass is 9.89. The molecule has 0 aliphatic carbocycles. The van der Waals surface area contributed by atoms with Gasteiger partial charge in [-0.25, -0.2) is 8.98 Å². The second-order valence-electron chi connectivity index (χ2n) is 19.2. The first kappa shape index (κ1) is 48.1. The van der Waals surface area contributed by atoms with E-state index in [4.69, 9.17) is 28.2 Å². The van der Waals surface area contributed by atoms with Crippen molar-refractivity contribution in [3.63, 3.8) is 0 Å². The standard InChI is InChI=1S/C45H65N3O10SSi2/c1-32-29-48(41-39(57-61(10,11)44(5,6)7)45(37(46)31-59(52,53)58-45)38(56-41)30-55-60(8,9)43(2,3)4)42(51)47(40(32)50)26-20-12-13-21-27-54-36(34-24-18-15-19-25-34)28-35(49)33-22-16-14-17-23-33/h14-19,22-25,28-29,31,38-39,41H,12-13,20-21,26-27,30,46H2,1-11H3/b36-28+/t38?,39-,41+,45?/m0/s1. The highest BCUT2D eigenvalue weighted by Gasteiger charge is 2.67. The van der Waals surface area contributed by atoms with Crippen LogP contribution in [-0.4, -0.2) is 71.0 Å². The van der Waals surface area contributed by atoms with Crippen molar-refractivity contribution in [1.82, 2.24) is 9.13 Å². The zero-order valence-electron chi connectivity index (χ0n) is 37.6. The Labute approximate surface area is 363 Å². The van der Waals surface area contributed by atoms with Crippen LogP contribution in [0.15, 0.2) is 93.6 Å². The molecule has 2 aliphatic heterocycles. The van der Waals surface area contributed by atoms with Crippen LogP contribution in [0.4, 0.5) is 0 Å². The minimum absolute atomic E-state index is 0.0720. The van der Waals surface area contributed by atoms with Gasteiger partial charge in [0.2, 0.25) is 0 Å². The van der Waals surface area contributed by atoms with Gasteiger partial charge in [0.25, 0.3) is 15.7 Å². The van der Waals surface area contributed by atoms with E-state index in [1.807, 2.05) is 61.6 Å². The van der Waals surface area contributed by atoms with E-state index in [1.54, 1.807) is 19.1 Å². The third-order valence-electron chi connectivity index (χ3n) is 12.6. The van der Waals surface area contributed by atoms with Gasteiger partial charge < -0.3 is 24.1 Å². The minimum atomic E-state index is -4.27. The SMILES string of the molecule is Cc1cn([C@@H]2OC(CO[Si](C)(C)C(C)(C)C)C3(OS(=O)(=O)C=C3N)[C@H]2O[Si](C)(C)C(C)(C)C)c(=O)n(CCCCCCO/C(=C/C(=O)c2ccccc2)c2ccccc2)c1=O. The minimum Gasteiger partial charge on any atom is -0.493 e. The Balaban J connectivity index is 1.38. The van der Waals surface area contributed by atoms with E-state index >= 15 is 0 Å². The number of nitrogens with two attached hydrogens (primary N) is 1. The molecule has 1 saturated heterocycles. The topological polar surface area (TPSA) is 167 Å². The average molecular weight is 896 g/mol. The quantitative estimate of drug-likeness (QED) is 0.0348. The molecule has 2 unspecified atom stereocenters. The number of hydrogen-bond donors (Lipinski definition) is 1. The number of allylic oxidation sites excluding steroid dienone is 1. The molecule has 1 aromatic heterocycles. The molecule has 4 atom stereocenters.